The molecule has 0 saturated heterocycles. The van der Waals surface area contributed by atoms with Crippen LogP contribution in [0.2, 0.25) is 0 Å². The number of nitrogens with one attached hydrogen (secondary N) is 1. The van der Waals surface area contributed by atoms with Crippen molar-refractivity contribution in [2.75, 3.05) is 20.6 Å². The minimum atomic E-state index is -0.599. The van der Waals surface area contributed by atoms with E-state index in [0.29, 0.717) is 0 Å². The summed E-state index contributed by atoms with van der Waals surface area (Å²) in [6.07, 6.45) is 0.730. The van der Waals surface area contributed by atoms with Crippen LogP contribution in [-0.2, 0) is 4.79 Å². The number of nitrogens with zero attached hydrogens (tertiary/aromatic N) is 1. The molecule has 1 unspecified atom stereocenters. The summed E-state index contributed by atoms with van der Waals surface area (Å²) in [4.78, 5) is 13.4. The summed E-state index contributed by atoms with van der Waals surface area (Å²) in [6, 6.07) is 0.259. The SMILES string of the molecule is CC(C)NC(C)(CCN(C)C)C(N)=O. The predicted octanol–water partition coefficient (Wildman–Crippen LogP) is 0.180. The van der Waals surface area contributed by atoms with Crippen LogP contribution in [0.3, 0.4) is 0 Å². The van der Waals surface area contributed by atoms with Crippen molar-refractivity contribution in [1.29, 1.82) is 0 Å². The van der Waals surface area contributed by atoms with Crippen LogP contribution in [0.25, 0.3) is 0 Å². The number of nitrogens with two attached hydrogens (primary N) is 1. The molecule has 0 aromatic rings. The lowest BCUT2D eigenvalue weighted by molar-refractivity contribution is -0.124. The highest BCUT2D eigenvalue weighted by Gasteiger charge is 2.30. The molecule has 0 aliphatic heterocycles. The zero-order valence-electron chi connectivity index (χ0n) is 9.92. The zero-order chi connectivity index (χ0) is 11.4. The molecule has 0 heterocycles. The lowest BCUT2D eigenvalue weighted by atomic mass is 9.95. The minimum absolute atomic E-state index is 0.259. The maximum Gasteiger partial charge on any atom is 0.237 e. The number of carbonyl (C=O) groups excluding carboxylic acids is 1. The number of carbonyl (C=O) groups is 1. The molecule has 0 aromatic heterocycles. The molecule has 0 radical (unpaired) electrons. The van der Waals surface area contributed by atoms with Gasteiger partial charge >= 0.3 is 0 Å². The van der Waals surface area contributed by atoms with Crippen molar-refractivity contribution in [3.63, 3.8) is 0 Å². The molecule has 0 saturated carbocycles. The molecule has 3 N–H and O–H groups in total. The van der Waals surface area contributed by atoms with E-state index in [1.807, 2.05) is 39.8 Å². The quantitative estimate of drug-likeness (QED) is 0.644. The van der Waals surface area contributed by atoms with Crippen molar-refractivity contribution in [2.45, 2.75) is 38.8 Å². The zero-order valence-corrected chi connectivity index (χ0v) is 9.92. The van der Waals surface area contributed by atoms with E-state index in [0.717, 1.165) is 13.0 Å². The highest BCUT2D eigenvalue weighted by atomic mass is 16.1. The molecule has 0 rings (SSSR count). The Hall–Kier alpha value is -0.610. The second-order valence-electron chi connectivity index (χ2n) is 4.55. The van der Waals surface area contributed by atoms with Gasteiger partial charge in [0.1, 0.15) is 0 Å². The number of primary amides is 1. The highest BCUT2D eigenvalue weighted by Crippen LogP contribution is 2.10. The molecule has 1 amide bonds. The fraction of sp³-hybridized carbons (Fsp3) is 0.900. The van der Waals surface area contributed by atoms with Gasteiger partial charge in [-0.3, -0.25) is 4.79 Å². The van der Waals surface area contributed by atoms with Gasteiger partial charge in [0.25, 0.3) is 0 Å². The molecule has 1 atom stereocenters. The first kappa shape index (κ1) is 13.4. The summed E-state index contributed by atoms with van der Waals surface area (Å²) >= 11 is 0. The molecular weight excluding hydrogens is 178 g/mol. The lowest BCUT2D eigenvalue weighted by Gasteiger charge is -2.30. The standard InChI is InChI=1S/C10H23N3O/c1-8(2)12-10(3,9(11)14)6-7-13(4)5/h8,12H,6-7H2,1-5H3,(H2,11,14). The Kier molecular flexibility index (Phi) is 5.08. The Morgan fingerprint density at radius 3 is 2.29 bits per heavy atom. The first-order valence-corrected chi connectivity index (χ1v) is 5.00. The van der Waals surface area contributed by atoms with E-state index < -0.39 is 5.54 Å². The smallest absolute Gasteiger partial charge is 0.237 e. The van der Waals surface area contributed by atoms with Crippen molar-refractivity contribution in [2.24, 2.45) is 5.73 Å². The Bertz CT molecular complexity index is 192. The van der Waals surface area contributed by atoms with Crippen molar-refractivity contribution in [1.82, 2.24) is 10.2 Å². The second-order valence-corrected chi connectivity index (χ2v) is 4.55. The van der Waals surface area contributed by atoms with Crippen molar-refractivity contribution in [3.05, 3.63) is 0 Å². The third-order valence-corrected chi connectivity index (χ3v) is 2.21. The summed E-state index contributed by atoms with van der Waals surface area (Å²) in [5.41, 5.74) is 4.79. The summed E-state index contributed by atoms with van der Waals surface area (Å²) in [5.74, 6) is -0.284. The lowest BCUT2D eigenvalue weighted by Crippen LogP contribution is -2.56. The Morgan fingerprint density at radius 2 is 2.00 bits per heavy atom. The second kappa shape index (κ2) is 5.32. The summed E-state index contributed by atoms with van der Waals surface area (Å²) in [5, 5.41) is 3.21. The predicted molar refractivity (Wildman–Crippen MR) is 59.0 cm³/mol. The highest BCUT2D eigenvalue weighted by molar-refractivity contribution is 5.84. The first-order valence-electron chi connectivity index (χ1n) is 5.00. The van der Waals surface area contributed by atoms with Gasteiger partial charge in [-0.25, -0.2) is 0 Å². The Balaban J connectivity index is 4.32. The summed E-state index contributed by atoms with van der Waals surface area (Å²) < 4.78 is 0. The number of rotatable bonds is 6. The molecule has 0 aliphatic rings. The minimum Gasteiger partial charge on any atom is -0.368 e. The van der Waals surface area contributed by atoms with E-state index in [-0.39, 0.29) is 11.9 Å². The fourth-order valence-corrected chi connectivity index (χ4v) is 1.35. The van der Waals surface area contributed by atoms with Gasteiger partial charge in [0.15, 0.2) is 0 Å². The maximum absolute atomic E-state index is 11.3. The van der Waals surface area contributed by atoms with Crippen molar-refractivity contribution < 1.29 is 4.79 Å². The van der Waals surface area contributed by atoms with E-state index in [1.54, 1.807) is 0 Å². The normalized spacial score (nSPS) is 15.9. The van der Waals surface area contributed by atoms with Crippen LogP contribution in [0, 0.1) is 0 Å². The molecule has 14 heavy (non-hydrogen) atoms. The van der Waals surface area contributed by atoms with Gasteiger partial charge in [-0.15, -0.1) is 0 Å². The van der Waals surface area contributed by atoms with Gasteiger partial charge in [0.05, 0.1) is 5.54 Å². The van der Waals surface area contributed by atoms with Crippen LogP contribution in [0.4, 0.5) is 0 Å². The third-order valence-electron chi connectivity index (χ3n) is 2.21. The third kappa shape index (κ3) is 4.58. The number of amides is 1. The van der Waals surface area contributed by atoms with Gasteiger partial charge in [-0.1, -0.05) is 0 Å². The van der Waals surface area contributed by atoms with Crippen LogP contribution in [0.1, 0.15) is 27.2 Å². The molecule has 0 aliphatic carbocycles. The molecule has 0 spiro atoms. The summed E-state index contributed by atoms with van der Waals surface area (Å²) in [6.45, 7) is 6.73. The van der Waals surface area contributed by atoms with E-state index in [9.17, 15) is 4.79 Å². The molecule has 4 heteroatoms. The Labute approximate surface area is 86.8 Å². The first-order chi connectivity index (χ1) is 6.28. The number of hydrogen-bond acceptors (Lipinski definition) is 3. The summed E-state index contributed by atoms with van der Waals surface area (Å²) in [7, 11) is 3.97. The van der Waals surface area contributed by atoms with Crippen LogP contribution >= 0.6 is 0 Å². The van der Waals surface area contributed by atoms with Gasteiger partial charge in [0.2, 0.25) is 5.91 Å². The molecule has 0 aromatic carbocycles. The van der Waals surface area contributed by atoms with Gasteiger partial charge in [-0.2, -0.15) is 0 Å². The average Bonchev–Trinajstić information content (AvgIpc) is 1.99. The number of hydrogen-bond donors (Lipinski definition) is 2. The van der Waals surface area contributed by atoms with E-state index >= 15 is 0 Å². The van der Waals surface area contributed by atoms with Crippen molar-refractivity contribution in [3.8, 4) is 0 Å². The van der Waals surface area contributed by atoms with Crippen LogP contribution in [0.15, 0.2) is 0 Å². The average molecular weight is 201 g/mol. The molecule has 0 bridgehead atoms. The van der Waals surface area contributed by atoms with Gasteiger partial charge < -0.3 is 16.0 Å². The van der Waals surface area contributed by atoms with Crippen molar-refractivity contribution >= 4 is 5.91 Å². The Morgan fingerprint density at radius 1 is 1.50 bits per heavy atom. The topological polar surface area (TPSA) is 58.4 Å². The van der Waals surface area contributed by atoms with Gasteiger partial charge in [-0.05, 0) is 47.8 Å². The van der Waals surface area contributed by atoms with Crippen LogP contribution in [0.5, 0.6) is 0 Å². The molecule has 0 fully saturated rings. The fourth-order valence-electron chi connectivity index (χ4n) is 1.35. The maximum atomic E-state index is 11.3. The van der Waals surface area contributed by atoms with Crippen LogP contribution in [-0.4, -0.2) is 43.0 Å². The van der Waals surface area contributed by atoms with E-state index in [4.69, 9.17) is 5.73 Å². The van der Waals surface area contributed by atoms with Crippen LogP contribution < -0.4 is 11.1 Å². The van der Waals surface area contributed by atoms with E-state index in [2.05, 4.69) is 5.32 Å². The molecular formula is C10H23N3O. The van der Waals surface area contributed by atoms with E-state index in [1.165, 1.54) is 0 Å². The largest absolute Gasteiger partial charge is 0.368 e. The molecule has 84 valence electrons. The monoisotopic (exact) mass is 201 g/mol. The van der Waals surface area contributed by atoms with Gasteiger partial charge in [0, 0.05) is 6.04 Å². The molecule has 4 nitrogen and oxygen atoms in total.